The first-order valence-corrected chi connectivity index (χ1v) is 5.02. The Morgan fingerprint density at radius 1 is 1.56 bits per heavy atom. The van der Waals surface area contributed by atoms with E-state index in [1.807, 2.05) is 0 Å². The monoisotopic (exact) mass is 224 g/mol. The Balaban J connectivity index is 2.77. The van der Waals surface area contributed by atoms with Crippen LogP contribution in [-0.4, -0.2) is 33.3 Å². The summed E-state index contributed by atoms with van der Waals surface area (Å²) in [5.41, 5.74) is -0.331. The van der Waals surface area contributed by atoms with Gasteiger partial charge in [-0.2, -0.15) is 0 Å². The van der Waals surface area contributed by atoms with Gasteiger partial charge in [-0.3, -0.25) is 9.78 Å². The van der Waals surface area contributed by atoms with E-state index in [0.29, 0.717) is 6.42 Å². The molecule has 1 aromatic heterocycles. The molecular formula is C11H16N2O3. The van der Waals surface area contributed by atoms with Crippen LogP contribution in [0.2, 0.25) is 0 Å². The van der Waals surface area contributed by atoms with Gasteiger partial charge in [0.05, 0.1) is 11.8 Å². The Kier molecular flexibility index (Phi) is 3.84. The maximum absolute atomic E-state index is 11.8. The van der Waals surface area contributed by atoms with E-state index < -0.39 is 5.54 Å². The second-order valence-electron chi connectivity index (χ2n) is 4.20. The number of hydrogen-bond donors (Lipinski definition) is 3. The molecule has 0 unspecified atom stereocenters. The highest BCUT2D eigenvalue weighted by atomic mass is 16.3. The maximum atomic E-state index is 11.8. The highest BCUT2D eigenvalue weighted by Gasteiger charge is 2.21. The number of rotatable bonds is 4. The first kappa shape index (κ1) is 12.4. The number of aromatic nitrogens is 1. The maximum Gasteiger partial charge on any atom is 0.255 e. The molecule has 0 radical (unpaired) electrons. The van der Waals surface area contributed by atoms with Crippen molar-refractivity contribution in [2.75, 3.05) is 6.61 Å². The molecular weight excluding hydrogens is 208 g/mol. The van der Waals surface area contributed by atoms with E-state index in [0.717, 1.165) is 0 Å². The van der Waals surface area contributed by atoms with E-state index in [1.165, 1.54) is 18.5 Å². The van der Waals surface area contributed by atoms with Gasteiger partial charge in [0, 0.05) is 18.3 Å². The number of aromatic hydroxyl groups is 1. The summed E-state index contributed by atoms with van der Waals surface area (Å²) in [6.45, 7) is 3.61. The number of pyridine rings is 1. The summed E-state index contributed by atoms with van der Waals surface area (Å²) in [4.78, 5) is 15.5. The molecule has 0 saturated carbocycles. The van der Waals surface area contributed by atoms with Gasteiger partial charge >= 0.3 is 0 Å². The summed E-state index contributed by atoms with van der Waals surface area (Å²) in [6.07, 6.45) is 3.10. The number of aliphatic hydroxyl groups is 1. The smallest absolute Gasteiger partial charge is 0.255 e. The third-order valence-corrected chi connectivity index (χ3v) is 2.23. The van der Waals surface area contributed by atoms with Gasteiger partial charge in [-0.15, -0.1) is 0 Å². The number of carbonyl (C=O) groups is 1. The number of amides is 1. The molecule has 0 spiro atoms. The fourth-order valence-corrected chi connectivity index (χ4v) is 1.29. The zero-order valence-corrected chi connectivity index (χ0v) is 9.40. The summed E-state index contributed by atoms with van der Waals surface area (Å²) in [7, 11) is 0. The van der Waals surface area contributed by atoms with Crippen molar-refractivity contribution in [3.05, 3.63) is 24.0 Å². The normalized spacial score (nSPS) is 11.2. The molecule has 5 heteroatoms. The summed E-state index contributed by atoms with van der Waals surface area (Å²) >= 11 is 0. The number of nitrogens with zero attached hydrogens (tertiary/aromatic N) is 1. The van der Waals surface area contributed by atoms with Crippen LogP contribution in [0.5, 0.6) is 5.75 Å². The summed E-state index contributed by atoms with van der Waals surface area (Å²) in [5, 5.41) is 21.0. The van der Waals surface area contributed by atoms with Gasteiger partial charge in [-0.05, 0) is 26.3 Å². The van der Waals surface area contributed by atoms with Crippen LogP contribution in [-0.2, 0) is 0 Å². The lowest BCUT2D eigenvalue weighted by Crippen LogP contribution is -2.44. The molecule has 16 heavy (non-hydrogen) atoms. The molecule has 5 nitrogen and oxygen atoms in total. The van der Waals surface area contributed by atoms with Gasteiger partial charge in [0.1, 0.15) is 5.75 Å². The molecule has 1 amide bonds. The number of nitrogens with one attached hydrogen (secondary N) is 1. The lowest BCUT2D eigenvalue weighted by atomic mass is 10.0. The number of hydrogen-bond acceptors (Lipinski definition) is 4. The van der Waals surface area contributed by atoms with Crippen molar-refractivity contribution in [3.8, 4) is 5.75 Å². The van der Waals surface area contributed by atoms with E-state index >= 15 is 0 Å². The van der Waals surface area contributed by atoms with Crippen molar-refractivity contribution in [2.45, 2.75) is 25.8 Å². The molecule has 0 saturated heterocycles. The Hall–Kier alpha value is -1.62. The molecule has 0 bridgehead atoms. The second-order valence-corrected chi connectivity index (χ2v) is 4.20. The minimum atomic E-state index is -0.512. The largest absolute Gasteiger partial charge is 0.505 e. The van der Waals surface area contributed by atoms with Crippen LogP contribution in [0.4, 0.5) is 0 Å². The molecule has 0 aromatic carbocycles. The van der Waals surface area contributed by atoms with Gasteiger partial charge in [-0.1, -0.05) is 0 Å². The van der Waals surface area contributed by atoms with E-state index in [9.17, 15) is 9.90 Å². The average molecular weight is 224 g/mol. The molecule has 1 heterocycles. The standard InChI is InChI=1S/C11H16N2O3/c1-11(2,4-6-14)13-10(16)8-3-5-12-7-9(8)15/h3,5,7,14-15H,4,6H2,1-2H3,(H,13,16). The SMILES string of the molecule is CC(C)(CCO)NC(=O)c1ccncc1O. The van der Waals surface area contributed by atoms with E-state index in [-0.39, 0.29) is 23.8 Å². The molecule has 88 valence electrons. The zero-order valence-electron chi connectivity index (χ0n) is 9.40. The predicted octanol–water partition coefficient (Wildman–Crippen LogP) is 0.678. The minimum absolute atomic E-state index is 0.00436. The van der Waals surface area contributed by atoms with Gasteiger partial charge in [0.25, 0.3) is 5.91 Å². The van der Waals surface area contributed by atoms with Crippen LogP contribution < -0.4 is 5.32 Å². The quantitative estimate of drug-likeness (QED) is 0.702. The van der Waals surface area contributed by atoms with Crippen molar-refractivity contribution in [1.29, 1.82) is 0 Å². The van der Waals surface area contributed by atoms with Crippen LogP contribution >= 0.6 is 0 Å². The molecule has 0 aliphatic heterocycles. The molecule has 0 aliphatic rings. The Bertz CT molecular complexity index is 377. The lowest BCUT2D eigenvalue weighted by Gasteiger charge is -2.25. The van der Waals surface area contributed by atoms with E-state index in [2.05, 4.69) is 10.3 Å². The van der Waals surface area contributed by atoms with E-state index in [1.54, 1.807) is 13.8 Å². The highest BCUT2D eigenvalue weighted by molar-refractivity contribution is 5.96. The second kappa shape index (κ2) is 4.94. The van der Waals surface area contributed by atoms with Crippen LogP contribution in [0.1, 0.15) is 30.6 Å². The van der Waals surface area contributed by atoms with Gasteiger partial charge in [0.15, 0.2) is 0 Å². The number of carbonyl (C=O) groups excluding carboxylic acids is 1. The van der Waals surface area contributed by atoms with Crippen LogP contribution in [0.3, 0.4) is 0 Å². The van der Waals surface area contributed by atoms with E-state index in [4.69, 9.17) is 5.11 Å². The first-order chi connectivity index (χ1) is 7.46. The van der Waals surface area contributed by atoms with Crippen molar-refractivity contribution in [3.63, 3.8) is 0 Å². The minimum Gasteiger partial charge on any atom is -0.505 e. The van der Waals surface area contributed by atoms with Crippen molar-refractivity contribution in [1.82, 2.24) is 10.3 Å². The van der Waals surface area contributed by atoms with Crippen LogP contribution in [0.15, 0.2) is 18.5 Å². The fraction of sp³-hybridized carbons (Fsp3) is 0.455. The first-order valence-electron chi connectivity index (χ1n) is 5.02. The average Bonchev–Trinajstić information content (AvgIpc) is 2.17. The zero-order chi connectivity index (χ0) is 12.2. The molecule has 0 atom stereocenters. The molecule has 0 fully saturated rings. The van der Waals surface area contributed by atoms with Gasteiger partial charge in [0.2, 0.25) is 0 Å². The van der Waals surface area contributed by atoms with Gasteiger partial charge < -0.3 is 15.5 Å². The fourth-order valence-electron chi connectivity index (χ4n) is 1.29. The Morgan fingerprint density at radius 2 is 2.25 bits per heavy atom. The van der Waals surface area contributed by atoms with Crippen LogP contribution in [0, 0.1) is 0 Å². The van der Waals surface area contributed by atoms with Crippen molar-refractivity contribution in [2.24, 2.45) is 0 Å². The van der Waals surface area contributed by atoms with Crippen molar-refractivity contribution < 1.29 is 15.0 Å². The molecule has 1 aromatic rings. The summed E-state index contributed by atoms with van der Waals surface area (Å²) in [6, 6.07) is 1.44. The summed E-state index contributed by atoms with van der Waals surface area (Å²) in [5.74, 6) is -0.529. The molecule has 3 N–H and O–H groups in total. The highest BCUT2D eigenvalue weighted by Crippen LogP contribution is 2.16. The molecule has 1 rings (SSSR count). The third kappa shape index (κ3) is 3.20. The van der Waals surface area contributed by atoms with Crippen LogP contribution in [0.25, 0.3) is 0 Å². The lowest BCUT2D eigenvalue weighted by molar-refractivity contribution is 0.0896. The Labute approximate surface area is 94.1 Å². The third-order valence-electron chi connectivity index (χ3n) is 2.23. The molecule has 0 aliphatic carbocycles. The summed E-state index contributed by atoms with van der Waals surface area (Å²) < 4.78 is 0. The predicted molar refractivity (Wildman–Crippen MR) is 59.1 cm³/mol. The Morgan fingerprint density at radius 3 is 2.81 bits per heavy atom. The number of aliphatic hydroxyl groups excluding tert-OH is 1. The van der Waals surface area contributed by atoms with Gasteiger partial charge in [-0.25, -0.2) is 0 Å². The topological polar surface area (TPSA) is 82.5 Å². The van der Waals surface area contributed by atoms with Crippen molar-refractivity contribution >= 4 is 5.91 Å².